The van der Waals surface area contributed by atoms with E-state index in [1.54, 1.807) is 0 Å². The molecular formula is C23H20N2. The SMILES string of the molecule is CC(C)(C)c1ccc2c3ccccc3c3nc4ccccc4n3c2c1. The predicted octanol–water partition coefficient (Wildman–Crippen LogP) is 6.09. The molecule has 0 fully saturated rings. The van der Waals surface area contributed by atoms with Crippen LogP contribution < -0.4 is 0 Å². The Morgan fingerprint density at radius 2 is 1.44 bits per heavy atom. The molecule has 0 unspecified atom stereocenters. The van der Waals surface area contributed by atoms with Crippen molar-refractivity contribution in [1.29, 1.82) is 0 Å². The van der Waals surface area contributed by atoms with E-state index in [9.17, 15) is 0 Å². The molecule has 0 N–H and O–H groups in total. The fourth-order valence-electron chi connectivity index (χ4n) is 3.77. The highest BCUT2D eigenvalue weighted by Gasteiger charge is 2.17. The molecule has 0 aliphatic heterocycles. The lowest BCUT2D eigenvalue weighted by Gasteiger charge is -2.20. The van der Waals surface area contributed by atoms with E-state index in [1.807, 2.05) is 0 Å². The minimum atomic E-state index is 0.114. The van der Waals surface area contributed by atoms with Gasteiger partial charge in [0.2, 0.25) is 0 Å². The fraction of sp³-hybridized carbons (Fsp3) is 0.174. The lowest BCUT2D eigenvalue weighted by Crippen LogP contribution is -2.11. The van der Waals surface area contributed by atoms with E-state index in [4.69, 9.17) is 4.98 Å². The molecule has 0 atom stereocenters. The molecule has 2 heterocycles. The Labute approximate surface area is 146 Å². The average Bonchev–Trinajstić information content (AvgIpc) is 3.01. The van der Waals surface area contributed by atoms with Gasteiger partial charge in [-0.1, -0.05) is 69.3 Å². The third-order valence-corrected chi connectivity index (χ3v) is 5.12. The Kier molecular flexibility index (Phi) is 2.79. The number of benzene rings is 3. The summed E-state index contributed by atoms with van der Waals surface area (Å²) in [4.78, 5) is 4.95. The minimum absolute atomic E-state index is 0.114. The average molecular weight is 324 g/mol. The minimum Gasteiger partial charge on any atom is -0.292 e. The molecule has 2 aromatic heterocycles. The number of rotatable bonds is 0. The molecule has 0 aliphatic rings. The number of fused-ring (bicyclic) bond motifs is 8. The number of hydrogen-bond acceptors (Lipinski definition) is 1. The first-order valence-electron chi connectivity index (χ1n) is 8.76. The molecule has 3 aromatic carbocycles. The molecule has 0 bridgehead atoms. The van der Waals surface area contributed by atoms with Crippen LogP contribution in [-0.2, 0) is 5.41 Å². The fourth-order valence-corrected chi connectivity index (χ4v) is 3.77. The second kappa shape index (κ2) is 4.82. The number of aromatic nitrogens is 2. The number of pyridine rings is 1. The second-order valence-corrected chi connectivity index (χ2v) is 7.79. The summed E-state index contributed by atoms with van der Waals surface area (Å²) in [6, 6.07) is 23.8. The second-order valence-electron chi connectivity index (χ2n) is 7.79. The first-order valence-corrected chi connectivity index (χ1v) is 8.76. The molecule has 0 amide bonds. The van der Waals surface area contributed by atoms with Crippen molar-refractivity contribution in [3.8, 4) is 0 Å². The van der Waals surface area contributed by atoms with Crippen molar-refractivity contribution in [3.63, 3.8) is 0 Å². The van der Waals surface area contributed by atoms with E-state index in [2.05, 4.69) is 91.9 Å². The molecule has 0 saturated carbocycles. The monoisotopic (exact) mass is 324 g/mol. The quantitative estimate of drug-likeness (QED) is 0.315. The van der Waals surface area contributed by atoms with Crippen molar-refractivity contribution in [1.82, 2.24) is 9.38 Å². The number of imidazole rings is 1. The zero-order valence-electron chi connectivity index (χ0n) is 14.7. The van der Waals surface area contributed by atoms with Crippen molar-refractivity contribution in [2.45, 2.75) is 26.2 Å². The standard InChI is InChI=1S/C23H20N2/c1-23(2,3)15-12-13-17-16-8-4-5-9-18(16)22-24-19-10-6-7-11-20(19)25(22)21(17)14-15/h4-14H,1-3H3. The van der Waals surface area contributed by atoms with Crippen LogP contribution in [0.25, 0.3) is 38.4 Å². The summed E-state index contributed by atoms with van der Waals surface area (Å²) in [7, 11) is 0. The molecule has 2 nitrogen and oxygen atoms in total. The van der Waals surface area contributed by atoms with Gasteiger partial charge in [0.1, 0.15) is 5.65 Å². The molecule has 5 aromatic rings. The Bertz CT molecular complexity index is 1270. The van der Waals surface area contributed by atoms with E-state index >= 15 is 0 Å². The first kappa shape index (κ1) is 14.5. The van der Waals surface area contributed by atoms with Crippen LogP contribution >= 0.6 is 0 Å². The van der Waals surface area contributed by atoms with E-state index in [0.717, 1.165) is 11.2 Å². The van der Waals surface area contributed by atoms with E-state index in [1.165, 1.54) is 32.8 Å². The first-order chi connectivity index (χ1) is 12.0. The maximum Gasteiger partial charge on any atom is 0.146 e. The van der Waals surface area contributed by atoms with Gasteiger partial charge in [-0.15, -0.1) is 0 Å². The number of para-hydroxylation sites is 2. The summed E-state index contributed by atoms with van der Waals surface area (Å²) in [6.45, 7) is 6.79. The van der Waals surface area contributed by atoms with Crippen LogP contribution in [-0.4, -0.2) is 9.38 Å². The summed E-state index contributed by atoms with van der Waals surface area (Å²) in [5, 5.41) is 3.75. The Hall–Kier alpha value is -2.87. The van der Waals surface area contributed by atoms with Crippen LogP contribution in [0.5, 0.6) is 0 Å². The maximum atomic E-state index is 4.95. The van der Waals surface area contributed by atoms with Gasteiger partial charge >= 0.3 is 0 Å². The van der Waals surface area contributed by atoms with E-state index in [0.29, 0.717) is 0 Å². The smallest absolute Gasteiger partial charge is 0.146 e. The molecular weight excluding hydrogens is 304 g/mol. The highest BCUT2D eigenvalue weighted by molar-refractivity contribution is 6.13. The van der Waals surface area contributed by atoms with Crippen LogP contribution in [0.15, 0.2) is 66.7 Å². The van der Waals surface area contributed by atoms with Gasteiger partial charge in [0, 0.05) is 10.8 Å². The number of nitrogens with zero attached hydrogens (tertiary/aromatic N) is 2. The molecule has 25 heavy (non-hydrogen) atoms. The molecule has 0 radical (unpaired) electrons. The lowest BCUT2D eigenvalue weighted by atomic mass is 9.86. The lowest BCUT2D eigenvalue weighted by molar-refractivity contribution is 0.591. The summed E-state index contributed by atoms with van der Waals surface area (Å²) in [6.07, 6.45) is 0. The maximum absolute atomic E-state index is 4.95. The predicted molar refractivity (Wildman–Crippen MR) is 106 cm³/mol. The van der Waals surface area contributed by atoms with Gasteiger partial charge in [0.05, 0.1) is 16.6 Å². The van der Waals surface area contributed by atoms with E-state index in [-0.39, 0.29) is 5.41 Å². The molecule has 2 heteroatoms. The van der Waals surface area contributed by atoms with Crippen LogP contribution in [0, 0.1) is 0 Å². The third-order valence-electron chi connectivity index (χ3n) is 5.12. The zero-order chi connectivity index (χ0) is 17.2. The van der Waals surface area contributed by atoms with Crippen molar-refractivity contribution >= 4 is 38.4 Å². The molecule has 0 saturated heterocycles. The highest BCUT2D eigenvalue weighted by Crippen LogP contribution is 2.34. The normalized spacial score (nSPS) is 12.6. The van der Waals surface area contributed by atoms with E-state index < -0.39 is 0 Å². The largest absolute Gasteiger partial charge is 0.292 e. The van der Waals surface area contributed by atoms with Crippen LogP contribution in [0.4, 0.5) is 0 Å². The third kappa shape index (κ3) is 2.00. The zero-order valence-corrected chi connectivity index (χ0v) is 14.7. The molecule has 0 spiro atoms. The Morgan fingerprint density at radius 1 is 0.720 bits per heavy atom. The van der Waals surface area contributed by atoms with Gasteiger partial charge in [-0.25, -0.2) is 4.98 Å². The number of hydrogen-bond donors (Lipinski definition) is 0. The topological polar surface area (TPSA) is 17.3 Å². The summed E-state index contributed by atoms with van der Waals surface area (Å²) in [5.74, 6) is 0. The summed E-state index contributed by atoms with van der Waals surface area (Å²) < 4.78 is 2.32. The Balaban J connectivity index is 2.11. The molecule has 122 valence electrons. The van der Waals surface area contributed by atoms with Gasteiger partial charge in [-0.2, -0.15) is 0 Å². The van der Waals surface area contributed by atoms with Crippen molar-refractivity contribution < 1.29 is 0 Å². The van der Waals surface area contributed by atoms with Crippen molar-refractivity contribution in [2.24, 2.45) is 0 Å². The van der Waals surface area contributed by atoms with Gasteiger partial charge in [0.15, 0.2) is 0 Å². The summed E-state index contributed by atoms with van der Waals surface area (Å²) in [5.41, 5.74) is 5.93. The highest BCUT2D eigenvalue weighted by atomic mass is 15.0. The van der Waals surface area contributed by atoms with Crippen LogP contribution in [0.1, 0.15) is 26.3 Å². The molecule has 5 rings (SSSR count). The van der Waals surface area contributed by atoms with Gasteiger partial charge in [-0.3, -0.25) is 4.40 Å². The molecule has 0 aliphatic carbocycles. The van der Waals surface area contributed by atoms with Gasteiger partial charge < -0.3 is 0 Å². The van der Waals surface area contributed by atoms with Gasteiger partial charge in [0.25, 0.3) is 0 Å². The van der Waals surface area contributed by atoms with Crippen LogP contribution in [0.3, 0.4) is 0 Å². The van der Waals surface area contributed by atoms with Crippen LogP contribution in [0.2, 0.25) is 0 Å². The summed E-state index contributed by atoms with van der Waals surface area (Å²) >= 11 is 0. The van der Waals surface area contributed by atoms with Gasteiger partial charge in [-0.05, 0) is 34.6 Å². The Morgan fingerprint density at radius 3 is 2.24 bits per heavy atom. The van der Waals surface area contributed by atoms with Crippen molar-refractivity contribution in [2.75, 3.05) is 0 Å². The van der Waals surface area contributed by atoms with Crippen molar-refractivity contribution in [3.05, 3.63) is 72.3 Å².